The number of nitrogens with one attached hydrogen (secondary N) is 1. The summed E-state index contributed by atoms with van der Waals surface area (Å²) in [4.78, 5) is 10.7. The smallest absolute Gasteiger partial charge is 0.307 e. The van der Waals surface area contributed by atoms with Crippen molar-refractivity contribution in [2.45, 2.75) is 6.42 Å². The molecule has 2 N–H and O–H groups in total. The van der Waals surface area contributed by atoms with Gasteiger partial charge in [-0.2, -0.15) is 0 Å². The molecule has 0 aliphatic rings. The molecule has 104 valence electrons. The fourth-order valence-electron chi connectivity index (χ4n) is 1.72. The van der Waals surface area contributed by atoms with E-state index in [2.05, 4.69) is 5.32 Å². The molecule has 0 heterocycles. The molecule has 0 bridgehead atoms. The van der Waals surface area contributed by atoms with Crippen molar-refractivity contribution in [3.05, 3.63) is 59.4 Å². The zero-order valence-electron chi connectivity index (χ0n) is 10.2. The van der Waals surface area contributed by atoms with Crippen molar-refractivity contribution in [3.8, 4) is 0 Å². The monoisotopic (exact) mass is 281 g/mol. The summed E-state index contributed by atoms with van der Waals surface area (Å²) in [5, 5.41) is 11.4. The highest BCUT2D eigenvalue weighted by Gasteiger charge is 2.12. The molecule has 0 aromatic heterocycles. The zero-order chi connectivity index (χ0) is 14.7. The van der Waals surface area contributed by atoms with Crippen LogP contribution in [-0.2, 0) is 11.2 Å². The number of halogens is 3. The average Bonchev–Trinajstić information content (AvgIpc) is 2.37. The summed E-state index contributed by atoms with van der Waals surface area (Å²) >= 11 is 0. The van der Waals surface area contributed by atoms with E-state index in [-0.39, 0.29) is 12.1 Å². The van der Waals surface area contributed by atoms with E-state index in [1.807, 2.05) is 0 Å². The Labute approximate surface area is 112 Å². The number of carboxylic acids is 1. The molecular formula is C14H10F3NO2. The first kappa shape index (κ1) is 13.9. The normalized spacial score (nSPS) is 10.3. The van der Waals surface area contributed by atoms with Crippen molar-refractivity contribution in [2.24, 2.45) is 0 Å². The SMILES string of the molecule is O=C(O)Cc1ccccc1Nc1cc(F)c(F)cc1F. The second kappa shape index (κ2) is 5.64. The van der Waals surface area contributed by atoms with E-state index >= 15 is 0 Å². The Morgan fingerprint density at radius 1 is 1.00 bits per heavy atom. The first-order valence-corrected chi connectivity index (χ1v) is 5.68. The van der Waals surface area contributed by atoms with Gasteiger partial charge in [-0.3, -0.25) is 4.79 Å². The van der Waals surface area contributed by atoms with Crippen LogP contribution < -0.4 is 5.32 Å². The highest BCUT2D eigenvalue weighted by molar-refractivity contribution is 5.75. The van der Waals surface area contributed by atoms with Crippen molar-refractivity contribution < 1.29 is 23.1 Å². The molecule has 0 radical (unpaired) electrons. The van der Waals surface area contributed by atoms with Crippen LogP contribution in [-0.4, -0.2) is 11.1 Å². The minimum absolute atomic E-state index is 0.262. The van der Waals surface area contributed by atoms with Crippen LogP contribution in [0.3, 0.4) is 0 Å². The number of para-hydroxylation sites is 1. The lowest BCUT2D eigenvalue weighted by molar-refractivity contribution is -0.136. The van der Waals surface area contributed by atoms with Crippen molar-refractivity contribution in [1.82, 2.24) is 0 Å². The van der Waals surface area contributed by atoms with Gasteiger partial charge in [-0.05, 0) is 11.6 Å². The summed E-state index contributed by atoms with van der Waals surface area (Å²) in [6.07, 6.45) is -0.269. The molecule has 0 aliphatic carbocycles. The molecule has 0 saturated carbocycles. The van der Waals surface area contributed by atoms with Gasteiger partial charge in [-0.1, -0.05) is 18.2 Å². The van der Waals surface area contributed by atoms with E-state index in [0.717, 1.165) is 0 Å². The summed E-state index contributed by atoms with van der Waals surface area (Å²) < 4.78 is 39.5. The third-order valence-electron chi connectivity index (χ3n) is 2.64. The van der Waals surface area contributed by atoms with Crippen LogP contribution in [0.1, 0.15) is 5.56 Å². The van der Waals surface area contributed by atoms with E-state index in [4.69, 9.17) is 5.11 Å². The minimum atomic E-state index is -1.29. The van der Waals surface area contributed by atoms with Crippen LogP contribution in [0.25, 0.3) is 0 Å². The Balaban J connectivity index is 2.35. The molecule has 20 heavy (non-hydrogen) atoms. The number of carboxylic acid groups (broad SMARTS) is 1. The molecule has 6 heteroatoms. The summed E-state index contributed by atoms with van der Waals surface area (Å²) in [6.45, 7) is 0. The van der Waals surface area contributed by atoms with Crippen LogP contribution >= 0.6 is 0 Å². The second-order valence-corrected chi connectivity index (χ2v) is 4.10. The summed E-state index contributed by atoms with van der Waals surface area (Å²) in [7, 11) is 0. The number of rotatable bonds is 4. The zero-order valence-corrected chi connectivity index (χ0v) is 10.2. The number of aliphatic carboxylic acids is 1. The summed E-state index contributed by atoms with van der Waals surface area (Å²) in [5.74, 6) is -4.49. The van der Waals surface area contributed by atoms with Crippen LogP contribution in [0.15, 0.2) is 36.4 Å². The standard InChI is InChI=1S/C14H10F3NO2/c15-9-6-11(17)13(7-10(9)16)18-12-4-2-1-3-8(12)5-14(19)20/h1-4,6-7,18H,5H2,(H,19,20). The average molecular weight is 281 g/mol. The van der Waals surface area contributed by atoms with Crippen LogP contribution in [0.2, 0.25) is 0 Å². The topological polar surface area (TPSA) is 49.3 Å². The first-order chi connectivity index (χ1) is 9.47. The van der Waals surface area contributed by atoms with Crippen molar-refractivity contribution in [2.75, 3.05) is 5.32 Å². The lowest BCUT2D eigenvalue weighted by Crippen LogP contribution is -2.04. The molecule has 0 amide bonds. The summed E-state index contributed by atoms with van der Waals surface area (Å²) in [6, 6.07) is 7.43. The third kappa shape index (κ3) is 3.09. The molecule has 0 fully saturated rings. The van der Waals surface area contributed by atoms with E-state index in [0.29, 0.717) is 23.4 Å². The number of hydrogen-bond acceptors (Lipinski definition) is 2. The fraction of sp³-hybridized carbons (Fsp3) is 0.0714. The summed E-state index contributed by atoms with van der Waals surface area (Å²) in [5.41, 5.74) is 0.464. The van der Waals surface area contributed by atoms with Crippen LogP contribution in [0.5, 0.6) is 0 Å². The first-order valence-electron chi connectivity index (χ1n) is 5.68. The predicted molar refractivity (Wildman–Crippen MR) is 67.4 cm³/mol. The van der Waals surface area contributed by atoms with Gasteiger partial charge >= 0.3 is 5.97 Å². The lowest BCUT2D eigenvalue weighted by atomic mass is 10.1. The maximum Gasteiger partial charge on any atom is 0.307 e. The molecule has 0 aliphatic heterocycles. The Hall–Kier alpha value is -2.50. The largest absolute Gasteiger partial charge is 0.481 e. The van der Waals surface area contributed by atoms with Gasteiger partial charge in [-0.15, -0.1) is 0 Å². The second-order valence-electron chi connectivity index (χ2n) is 4.10. The number of hydrogen-bond donors (Lipinski definition) is 2. The maximum absolute atomic E-state index is 13.5. The van der Waals surface area contributed by atoms with Gasteiger partial charge < -0.3 is 10.4 Å². The van der Waals surface area contributed by atoms with Crippen molar-refractivity contribution >= 4 is 17.3 Å². The van der Waals surface area contributed by atoms with Crippen molar-refractivity contribution in [1.29, 1.82) is 0 Å². The molecule has 0 spiro atoms. The minimum Gasteiger partial charge on any atom is -0.481 e. The van der Waals surface area contributed by atoms with Gasteiger partial charge in [0.15, 0.2) is 11.6 Å². The fourth-order valence-corrected chi connectivity index (χ4v) is 1.72. The van der Waals surface area contributed by atoms with Crippen molar-refractivity contribution in [3.63, 3.8) is 0 Å². The third-order valence-corrected chi connectivity index (χ3v) is 2.64. The highest BCUT2D eigenvalue weighted by Crippen LogP contribution is 2.25. The molecule has 0 unspecified atom stereocenters. The molecule has 2 aromatic carbocycles. The Bertz CT molecular complexity index is 659. The van der Waals surface area contributed by atoms with Gasteiger partial charge in [0.2, 0.25) is 0 Å². The number of benzene rings is 2. The molecule has 0 atom stereocenters. The number of carbonyl (C=O) groups is 1. The van der Waals surface area contributed by atoms with Gasteiger partial charge in [-0.25, -0.2) is 13.2 Å². The molecule has 2 rings (SSSR count). The molecule has 2 aromatic rings. The molecule has 3 nitrogen and oxygen atoms in total. The molecule has 0 saturated heterocycles. The quantitative estimate of drug-likeness (QED) is 0.844. The van der Waals surface area contributed by atoms with Crippen LogP contribution in [0, 0.1) is 17.5 Å². The van der Waals surface area contributed by atoms with E-state index < -0.39 is 23.4 Å². The van der Waals surface area contributed by atoms with E-state index in [1.165, 1.54) is 6.07 Å². The van der Waals surface area contributed by atoms with Gasteiger partial charge in [0.1, 0.15) is 5.82 Å². The van der Waals surface area contributed by atoms with E-state index in [1.54, 1.807) is 18.2 Å². The maximum atomic E-state index is 13.5. The lowest BCUT2D eigenvalue weighted by Gasteiger charge is -2.12. The molecular weight excluding hydrogens is 271 g/mol. The van der Waals surface area contributed by atoms with Gasteiger partial charge in [0.05, 0.1) is 12.1 Å². The Morgan fingerprint density at radius 3 is 2.35 bits per heavy atom. The Kier molecular flexibility index (Phi) is 3.93. The van der Waals surface area contributed by atoms with Gasteiger partial charge in [0.25, 0.3) is 0 Å². The predicted octanol–water partition coefficient (Wildman–Crippen LogP) is 3.47. The Morgan fingerprint density at radius 2 is 1.65 bits per heavy atom. The highest BCUT2D eigenvalue weighted by atomic mass is 19.2. The van der Waals surface area contributed by atoms with Crippen LogP contribution in [0.4, 0.5) is 24.5 Å². The van der Waals surface area contributed by atoms with E-state index in [9.17, 15) is 18.0 Å². The number of anilines is 2. The van der Waals surface area contributed by atoms with Gasteiger partial charge in [0, 0.05) is 17.8 Å².